The highest BCUT2D eigenvalue weighted by molar-refractivity contribution is 4.78. The van der Waals surface area contributed by atoms with Gasteiger partial charge in [-0.25, -0.2) is 0 Å². The summed E-state index contributed by atoms with van der Waals surface area (Å²) in [5.41, 5.74) is 0. The first-order valence-electron chi connectivity index (χ1n) is 8.71. The van der Waals surface area contributed by atoms with Crippen LogP contribution in [0.4, 0.5) is 0 Å². The van der Waals surface area contributed by atoms with E-state index in [1.807, 2.05) is 0 Å². The van der Waals surface area contributed by atoms with E-state index in [1.165, 1.54) is 64.3 Å². The Balaban J connectivity index is 1.64. The molecule has 2 rings (SSSR count). The fraction of sp³-hybridized carbons (Fsp3) is 1.00. The van der Waals surface area contributed by atoms with Crippen molar-refractivity contribution in [3.05, 3.63) is 0 Å². The molecule has 3 heteroatoms. The summed E-state index contributed by atoms with van der Waals surface area (Å²) in [6, 6.07) is 0. The number of nitrogens with one attached hydrogen (secondary N) is 1. The molecule has 0 amide bonds. The average molecular weight is 283 g/mol. The van der Waals surface area contributed by atoms with Crippen LogP contribution in [0.2, 0.25) is 0 Å². The van der Waals surface area contributed by atoms with Crippen molar-refractivity contribution < 1.29 is 9.47 Å². The van der Waals surface area contributed by atoms with Gasteiger partial charge in [-0.1, -0.05) is 32.1 Å². The Morgan fingerprint density at radius 1 is 1.20 bits per heavy atom. The van der Waals surface area contributed by atoms with E-state index in [2.05, 4.69) is 5.32 Å². The summed E-state index contributed by atoms with van der Waals surface area (Å²) < 4.78 is 10.9. The molecule has 2 atom stereocenters. The van der Waals surface area contributed by atoms with Crippen LogP contribution in [0.5, 0.6) is 0 Å². The van der Waals surface area contributed by atoms with E-state index in [-0.39, 0.29) is 0 Å². The van der Waals surface area contributed by atoms with Crippen LogP contribution in [0.15, 0.2) is 0 Å². The van der Waals surface area contributed by atoms with E-state index < -0.39 is 0 Å². The summed E-state index contributed by atoms with van der Waals surface area (Å²) in [7, 11) is 1.78. The minimum atomic E-state index is 0.570. The highest BCUT2D eigenvalue weighted by Gasteiger charge is 2.25. The Bertz CT molecular complexity index is 235. The van der Waals surface area contributed by atoms with Gasteiger partial charge in [-0.3, -0.25) is 0 Å². The predicted octanol–water partition coefficient (Wildman–Crippen LogP) is 3.38. The largest absolute Gasteiger partial charge is 0.383 e. The predicted molar refractivity (Wildman–Crippen MR) is 83.0 cm³/mol. The Morgan fingerprint density at radius 3 is 2.75 bits per heavy atom. The molecule has 0 aromatic carbocycles. The van der Waals surface area contributed by atoms with Crippen molar-refractivity contribution in [1.82, 2.24) is 5.32 Å². The van der Waals surface area contributed by atoms with Gasteiger partial charge in [-0.15, -0.1) is 0 Å². The fourth-order valence-electron chi connectivity index (χ4n) is 3.87. The van der Waals surface area contributed by atoms with Gasteiger partial charge in [0.15, 0.2) is 0 Å². The van der Waals surface area contributed by atoms with Gasteiger partial charge in [-0.05, 0) is 44.1 Å². The first kappa shape index (κ1) is 16.3. The van der Waals surface area contributed by atoms with Gasteiger partial charge >= 0.3 is 0 Å². The third-order valence-electron chi connectivity index (χ3n) is 5.08. The molecule has 2 aliphatic rings. The summed E-state index contributed by atoms with van der Waals surface area (Å²) in [5.74, 6) is 1.84. The molecular weight excluding hydrogens is 250 g/mol. The number of ether oxygens (including phenoxy) is 2. The van der Waals surface area contributed by atoms with E-state index in [1.54, 1.807) is 7.11 Å². The van der Waals surface area contributed by atoms with Gasteiger partial charge in [0.1, 0.15) is 0 Å². The molecule has 0 aromatic rings. The van der Waals surface area contributed by atoms with Crippen molar-refractivity contribution in [3.63, 3.8) is 0 Å². The molecule has 1 aliphatic heterocycles. The zero-order valence-electron chi connectivity index (χ0n) is 13.2. The Kier molecular flexibility index (Phi) is 7.92. The van der Waals surface area contributed by atoms with E-state index in [0.717, 1.165) is 31.6 Å². The average Bonchev–Trinajstić information content (AvgIpc) is 3.14. The van der Waals surface area contributed by atoms with Gasteiger partial charge < -0.3 is 14.8 Å². The Labute approximate surface area is 124 Å². The monoisotopic (exact) mass is 283 g/mol. The van der Waals surface area contributed by atoms with Crippen molar-refractivity contribution in [3.8, 4) is 0 Å². The zero-order chi connectivity index (χ0) is 14.0. The molecule has 1 saturated heterocycles. The first-order valence-corrected chi connectivity index (χ1v) is 8.71. The van der Waals surface area contributed by atoms with E-state index in [4.69, 9.17) is 9.47 Å². The third-order valence-corrected chi connectivity index (χ3v) is 5.08. The maximum atomic E-state index is 5.74. The molecule has 1 saturated carbocycles. The highest BCUT2D eigenvalue weighted by Crippen LogP contribution is 2.34. The van der Waals surface area contributed by atoms with Gasteiger partial charge in [-0.2, -0.15) is 0 Å². The summed E-state index contributed by atoms with van der Waals surface area (Å²) in [6.07, 6.45) is 12.9. The van der Waals surface area contributed by atoms with E-state index in [0.29, 0.717) is 6.10 Å². The number of hydrogen-bond donors (Lipinski definition) is 1. The molecule has 3 nitrogen and oxygen atoms in total. The fourth-order valence-corrected chi connectivity index (χ4v) is 3.87. The lowest BCUT2D eigenvalue weighted by atomic mass is 9.86. The molecule has 0 spiro atoms. The maximum absolute atomic E-state index is 5.74. The van der Waals surface area contributed by atoms with Crippen molar-refractivity contribution >= 4 is 0 Å². The van der Waals surface area contributed by atoms with Crippen LogP contribution < -0.4 is 5.32 Å². The summed E-state index contributed by atoms with van der Waals surface area (Å²) in [4.78, 5) is 0. The summed E-state index contributed by atoms with van der Waals surface area (Å²) in [5, 5.41) is 3.59. The molecule has 20 heavy (non-hydrogen) atoms. The second-order valence-corrected chi connectivity index (χ2v) is 6.57. The molecule has 118 valence electrons. The second kappa shape index (κ2) is 9.75. The van der Waals surface area contributed by atoms with Crippen LogP contribution >= 0.6 is 0 Å². The number of hydrogen-bond acceptors (Lipinski definition) is 3. The Hall–Kier alpha value is -0.120. The molecule has 1 aliphatic carbocycles. The molecule has 2 unspecified atom stereocenters. The van der Waals surface area contributed by atoms with Crippen LogP contribution in [-0.2, 0) is 9.47 Å². The van der Waals surface area contributed by atoms with Gasteiger partial charge in [0.2, 0.25) is 0 Å². The van der Waals surface area contributed by atoms with E-state index >= 15 is 0 Å². The lowest BCUT2D eigenvalue weighted by Gasteiger charge is -2.24. The summed E-state index contributed by atoms with van der Waals surface area (Å²) >= 11 is 0. The molecule has 1 heterocycles. The molecule has 0 aromatic heterocycles. The van der Waals surface area contributed by atoms with Crippen LogP contribution in [-0.4, -0.2) is 39.5 Å². The number of rotatable bonds is 10. The molecule has 2 fully saturated rings. The van der Waals surface area contributed by atoms with Gasteiger partial charge in [0, 0.05) is 20.3 Å². The smallest absolute Gasteiger partial charge is 0.0587 e. The lowest BCUT2D eigenvalue weighted by Crippen LogP contribution is -2.30. The van der Waals surface area contributed by atoms with Crippen molar-refractivity contribution in [2.24, 2.45) is 11.8 Å². The third kappa shape index (κ3) is 5.71. The second-order valence-electron chi connectivity index (χ2n) is 6.57. The first-order chi connectivity index (χ1) is 9.90. The lowest BCUT2D eigenvalue weighted by molar-refractivity contribution is 0.0994. The van der Waals surface area contributed by atoms with Crippen LogP contribution in [0, 0.1) is 11.8 Å². The highest BCUT2D eigenvalue weighted by atomic mass is 16.5. The van der Waals surface area contributed by atoms with Crippen LogP contribution in [0.3, 0.4) is 0 Å². The minimum Gasteiger partial charge on any atom is -0.383 e. The van der Waals surface area contributed by atoms with Gasteiger partial charge in [0.05, 0.1) is 12.7 Å². The topological polar surface area (TPSA) is 30.5 Å². The SMILES string of the molecule is COCCNCC(CCCC1CCCO1)C1CCCC1. The van der Waals surface area contributed by atoms with Gasteiger partial charge in [0.25, 0.3) is 0 Å². The normalized spacial score (nSPS) is 25.4. The molecule has 0 radical (unpaired) electrons. The molecule has 1 N–H and O–H groups in total. The van der Waals surface area contributed by atoms with Crippen LogP contribution in [0.25, 0.3) is 0 Å². The number of methoxy groups -OCH3 is 1. The molecular formula is C17H33NO2. The van der Waals surface area contributed by atoms with Crippen molar-refractivity contribution in [1.29, 1.82) is 0 Å². The maximum Gasteiger partial charge on any atom is 0.0587 e. The standard InChI is InChI=1S/C17H33NO2/c1-19-13-11-18-14-16(15-6-2-3-7-15)8-4-9-17-10-5-12-20-17/h15-18H,2-14H2,1H3. The Morgan fingerprint density at radius 2 is 2.05 bits per heavy atom. The summed E-state index contributed by atoms with van der Waals surface area (Å²) in [6.45, 7) is 3.99. The van der Waals surface area contributed by atoms with Crippen molar-refractivity contribution in [2.75, 3.05) is 33.4 Å². The quantitative estimate of drug-likeness (QED) is 0.624. The zero-order valence-corrected chi connectivity index (χ0v) is 13.2. The minimum absolute atomic E-state index is 0.570. The van der Waals surface area contributed by atoms with E-state index in [9.17, 15) is 0 Å². The van der Waals surface area contributed by atoms with Crippen molar-refractivity contribution in [2.45, 2.75) is 63.9 Å². The van der Waals surface area contributed by atoms with Crippen LogP contribution in [0.1, 0.15) is 57.8 Å². The molecule has 0 bridgehead atoms.